The van der Waals surface area contributed by atoms with Crippen molar-refractivity contribution in [2.24, 2.45) is 4.99 Å². The molecule has 1 fully saturated rings. The highest BCUT2D eigenvalue weighted by molar-refractivity contribution is 8.03. The summed E-state index contributed by atoms with van der Waals surface area (Å²) in [4.78, 5) is 16.7. The van der Waals surface area contributed by atoms with Crippen LogP contribution >= 0.6 is 11.8 Å². The number of rotatable bonds is 5. The zero-order chi connectivity index (χ0) is 14.5. The van der Waals surface area contributed by atoms with E-state index in [2.05, 4.69) is 11.6 Å². The van der Waals surface area contributed by atoms with E-state index >= 15 is 0 Å². The molecule has 0 atom stereocenters. The van der Waals surface area contributed by atoms with Gasteiger partial charge >= 0.3 is 0 Å². The summed E-state index contributed by atoms with van der Waals surface area (Å²) in [7, 11) is 1.60. The smallest absolute Gasteiger partial charge is 0.265 e. The number of aromatic nitrogens is 1. The number of hydrogen-bond acceptors (Lipinski definition) is 5. The lowest BCUT2D eigenvalue weighted by Crippen LogP contribution is -2.26. The minimum Gasteiger partial charge on any atom is -0.450 e. The molecule has 1 aromatic heterocycles. The molecule has 0 amide bonds. The van der Waals surface area contributed by atoms with Gasteiger partial charge in [-0.2, -0.15) is 5.26 Å². The standard InChI is InChI=1S/C14H15N3O2S/c1-3-19-13(16-2)8-17-7-11(10-4-5-10)6-12(14(17)18)20-9-15/h3,6-7,10H,1,4-5,8H2,2H3. The summed E-state index contributed by atoms with van der Waals surface area (Å²) in [6.45, 7) is 3.71. The van der Waals surface area contributed by atoms with Gasteiger partial charge in [0.2, 0.25) is 5.90 Å². The Morgan fingerprint density at radius 1 is 1.75 bits per heavy atom. The van der Waals surface area contributed by atoms with Gasteiger partial charge in [0.05, 0.1) is 11.2 Å². The zero-order valence-electron chi connectivity index (χ0n) is 11.2. The topological polar surface area (TPSA) is 67.4 Å². The van der Waals surface area contributed by atoms with Gasteiger partial charge in [-0.15, -0.1) is 0 Å². The normalized spacial score (nSPS) is 14.7. The summed E-state index contributed by atoms with van der Waals surface area (Å²) < 4.78 is 6.69. The van der Waals surface area contributed by atoms with E-state index in [1.54, 1.807) is 11.6 Å². The minimum absolute atomic E-state index is 0.199. The van der Waals surface area contributed by atoms with Gasteiger partial charge in [-0.1, -0.05) is 6.58 Å². The number of ether oxygens (including phenoxy) is 1. The van der Waals surface area contributed by atoms with Crippen LogP contribution < -0.4 is 5.56 Å². The van der Waals surface area contributed by atoms with Gasteiger partial charge < -0.3 is 9.30 Å². The number of thiocyanates is 1. The molecule has 0 aliphatic heterocycles. The van der Waals surface area contributed by atoms with Crippen molar-refractivity contribution in [3.8, 4) is 5.40 Å². The van der Waals surface area contributed by atoms with Crippen LogP contribution in [0.1, 0.15) is 24.3 Å². The lowest BCUT2D eigenvalue weighted by atomic mass is 10.2. The number of aliphatic imine (C=N–C) groups is 1. The number of nitriles is 1. The number of hydrogen-bond donors (Lipinski definition) is 0. The molecular weight excluding hydrogens is 274 g/mol. The highest BCUT2D eigenvalue weighted by Gasteiger charge is 2.25. The molecule has 0 N–H and O–H groups in total. The molecule has 20 heavy (non-hydrogen) atoms. The molecule has 0 bridgehead atoms. The summed E-state index contributed by atoms with van der Waals surface area (Å²) in [5, 5.41) is 10.8. The molecule has 0 radical (unpaired) electrons. The summed E-state index contributed by atoms with van der Waals surface area (Å²) in [5.74, 6) is 0.908. The van der Waals surface area contributed by atoms with E-state index in [9.17, 15) is 4.79 Å². The molecule has 1 aliphatic carbocycles. The summed E-state index contributed by atoms with van der Waals surface area (Å²) >= 11 is 0.895. The van der Waals surface area contributed by atoms with Crippen LogP contribution in [0, 0.1) is 10.7 Å². The van der Waals surface area contributed by atoms with Crippen molar-refractivity contribution in [2.75, 3.05) is 7.05 Å². The van der Waals surface area contributed by atoms with Gasteiger partial charge in [0, 0.05) is 13.2 Å². The van der Waals surface area contributed by atoms with Crippen LogP contribution in [0.2, 0.25) is 0 Å². The van der Waals surface area contributed by atoms with E-state index in [1.165, 1.54) is 6.26 Å². The summed E-state index contributed by atoms with van der Waals surface area (Å²) in [5.41, 5.74) is 0.895. The summed E-state index contributed by atoms with van der Waals surface area (Å²) in [6.07, 6.45) is 5.38. The Morgan fingerprint density at radius 3 is 3.05 bits per heavy atom. The second-order valence-corrected chi connectivity index (χ2v) is 5.27. The van der Waals surface area contributed by atoms with E-state index < -0.39 is 0 Å². The Kier molecular flexibility index (Phi) is 4.64. The third-order valence-electron chi connectivity index (χ3n) is 3.05. The largest absolute Gasteiger partial charge is 0.450 e. The third kappa shape index (κ3) is 3.31. The molecule has 1 aromatic rings. The number of pyridine rings is 1. The number of nitrogens with zero attached hydrogens (tertiary/aromatic N) is 3. The molecule has 0 aromatic carbocycles. The van der Waals surface area contributed by atoms with Gasteiger partial charge in [-0.3, -0.25) is 9.79 Å². The van der Waals surface area contributed by atoms with Crippen molar-refractivity contribution < 1.29 is 4.74 Å². The quantitative estimate of drug-likeness (QED) is 0.274. The predicted molar refractivity (Wildman–Crippen MR) is 78.8 cm³/mol. The molecular formula is C14H15N3O2S. The molecule has 0 saturated heterocycles. The van der Waals surface area contributed by atoms with Crippen molar-refractivity contribution >= 4 is 17.7 Å². The van der Waals surface area contributed by atoms with Crippen molar-refractivity contribution in [1.29, 1.82) is 5.26 Å². The molecule has 104 valence electrons. The first-order chi connectivity index (χ1) is 9.69. The first-order valence-corrected chi connectivity index (χ1v) is 7.04. The second-order valence-electron chi connectivity index (χ2n) is 4.44. The maximum atomic E-state index is 12.3. The van der Waals surface area contributed by atoms with Crippen molar-refractivity contribution in [3.05, 3.63) is 41.0 Å². The lowest BCUT2D eigenvalue weighted by molar-refractivity contribution is 0.447. The van der Waals surface area contributed by atoms with Crippen molar-refractivity contribution in [3.63, 3.8) is 0 Å². The van der Waals surface area contributed by atoms with Crippen LogP contribution in [0.3, 0.4) is 0 Å². The molecule has 1 heterocycles. The van der Waals surface area contributed by atoms with Gasteiger partial charge in [-0.25, -0.2) is 0 Å². The average molecular weight is 289 g/mol. The average Bonchev–Trinajstić information content (AvgIpc) is 3.27. The monoisotopic (exact) mass is 289 g/mol. The first-order valence-electron chi connectivity index (χ1n) is 6.23. The summed E-state index contributed by atoms with van der Waals surface area (Å²) in [6, 6.07) is 1.82. The van der Waals surface area contributed by atoms with Crippen LogP contribution in [-0.4, -0.2) is 17.5 Å². The minimum atomic E-state index is -0.199. The number of thioether (sulfide) groups is 1. The predicted octanol–water partition coefficient (Wildman–Crippen LogP) is 2.49. The van der Waals surface area contributed by atoms with Crippen molar-refractivity contribution in [2.45, 2.75) is 30.2 Å². The van der Waals surface area contributed by atoms with Crippen LogP contribution in [0.4, 0.5) is 0 Å². The van der Waals surface area contributed by atoms with Gasteiger partial charge in [0.15, 0.2) is 0 Å². The maximum absolute atomic E-state index is 12.3. The first kappa shape index (κ1) is 14.4. The molecule has 1 aliphatic rings. The maximum Gasteiger partial charge on any atom is 0.265 e. The zero-order valence-corrected chi connectivity index (χ0v) is 12.0. The highest BCUT2D eigenvalue weighted by Crippen LogP contribution is 2.40. The van der Waals surface area contributed by atoms with Crippen LogP contribution in [0.15, 0.2) is 39.8 Å². The van der Waals surface area contributed by atoms with Crippen LogP contribution in [-0.2, 0) is 11.3 Å². The molecule has 0 spiro atoms. The van der Waals surface area contributed by atoms with Crippen LogP contribution in [0.5, 0.6) is 0 Å². The highest BCUT2D eigenvalue weighted by atomic mass is 32.2. The van der Waals surface area contributed by atoms with Gasteiger partial charge in [0.1, 0.15) is 11.9 Å². The Balaban J connectivity index is 2.37. The molecule has 5 nitrogen and oxygen atoms in total. The van der Waals surface area contributed by atoms with E-state index in [0.29, 0.717) is 16.7 Å². The SMILES string of the molecule is C=COC(Cn1cc(C2CC2)cc(SC#N)c1=O)=NC. The second kappa shape index (κ2) is 6.44. The Hall–Kier alpha value is -2.00. The fourth-order valence-corrected chi connectivity index (χ4v) is 2.41. The van der Waals surface area contributed by atoms with E-state index in [-0.39, 0.29) is 12.1 Å². The van der Waals surface area contributed by atoms with E-state index in [1.807, 2.05) is 17.7 Å². The van der Waals surface area contributed by atoms with Gasteiger partial charge in [-0.05, 0) is 42.2 Å². The Bertz CT molecular complexity index is 639. The lowest BCUT2D eigenvalue weighted by Gasteiger charge is -2.11. The van der Waals surface area contributed by atoms with E-state index in [0.717, 1.165) is 30.2 Å². The fourth-order valence-electron chi connectivity index (χ4n) is 1.91. The van der Waals surface area contributed by atoms with Crippen molar-refractivity contribution in [1.82, 2.24) is 4.57 Å². The fraction of sp³-hybridized carbons (Fsp3) is 0.357. The van der Waals surface area contributed by atoms with E-state index in [4.69, 9.17) is 10.00 Å². The third-order valence-corrected chi connectivity index (χ3v) is 3.66. The van der Waals surface area contributed by atoms with Crippen LogP contribution in [0.25, 0.3) is 0 Å². The van der Waals surface area contributed by atoms with Gasteiger partial charge in [0.25, 0.3) is 5.56 Å². The molecule has 0 unspecified atom stereocenters. The molecule has 6 heteroatoms. The molecule has 1 saturated carbocycles. The Morgan fingerprint density at radius 2 is 2.50 bits per heavy atom. The molecule has 2 rings (SSSR count). The Labute approximate surface area is 121 Å².